The van der Waals surface area contributed by atoms with E-state index < -0.39 is 5.95 Å². The summed E-state index contributed by atoms with van der Waals surface area (Å²) in [6.07, 6.45) is 8.04. The van der Waals surface area contributed by atoms with Crippen molar-refractivity contribution in [3.8, 4) is 0 Å². The van der Waals surface area contributed by atoms with Crippen LogP contribution in [0.1, 0.15) is 35.2 Å². The molecule has 2 aromatic rings. The Kier molecular flexibility index (Phi) is 5.87. The molecule has 7 heteroatoms. The minimum atomic E-state index is -0.617. The zero-order valence-electron chi connectivity index (χ0n) is 16.8. The third-order valence-electron chi connectivity index (χ3n) is 6.28. The van der Waals surface area contributed by atoms with Gasteiger partial charge in [-0.1, -0.05) is 6.07 Å². The minimum absolute atomic E-state index is 0.111. The SMILES string of the molecule is COC[C@@H]1CC2(CCN(C(=O)c3ccnc(F)c3)CC2)CN1Cc1cccnc1. The van der Waals surface area contributed by atoms with E-state index in [0.29, 0.717) is 31.3 Å². The number of carbonyl (C=O) groups excluding carboxylic acids is 1. The van der Waals surface area contributed by atoms with Gasteiger partial charge in [0.05, 0.1) is 6.61 Å². The van der Waals surface area contributed by atoms with Crippen molar-refractivity contribution in [2.75, 3.05) is 33.4 Å². The predicted molar refractivity (Wildman–Crippen MR) is 107 cm³/mol. The number of hydrogen-bond donors (Lipinski definition) is 0. The summed E-state index contributed by atoms with van der Waals surface area (Å²) in [6, 6.07) is 7.24. The largest absolute Gasteiger partial charge is 0.383 e. The average molecular weight is 398 g/mol. The number of aromatic nitrogens is 2. The number of piperidine rings is 1. The van der Waals surface area contributed by atoms with Crippen LogP contribution in [0.3, 0.4) is 0 Å². The number of carbonyl (C=O) groups is 1. The van der Waals surface area contributed by atoms with Crippen molar-refractivity contribution in [1.29, 1.82) is 0 Å². The number of amides is 1. The monoisotopic (exact) mass is 398 g/mol. The Labute approximate surface area is 170 Å². The highest BCUT2D eigenvalue weighted by molar-refractivity contribution is 5.94. The molecule has 2 aromatic heterocycles. The summed E-state index contributed by atoms with van der Waals surface area (Å²) in [7, 11) is 1.75. The molecule has 1 spiro atoms. The molecule has 0 aromatic carbocycles. The van der Waals surface area contributed by atoms with Crippen LogP contribution in [0.15, 0.2) is 42.9 Å². The van der Waals surface area contributed by atoms with Gasteiger partial charge in [-0.3, -0.25) is 14.7 Å². The fourth-order valence-corrected chi connectivity index (χ4v) is 4.79. The second-order valence-electron chi connectivity index (χ2n) is 8.24. The molecule has 4 heterocycles. The predicted octanol–water partition coefficient (Wildman–Crippen LogP) is 2.76. The summed E-state index contributed by atoms with van der Waals surface area (Å²) in [5.74, 6) is -0.728. The topological polar surface area (TPSA) is 58.6 Å². The number of rotatable bonds is 5. The van der Waals surface area contributed by atoms with Crippen molar-refractivity contribution in [3.05, 3.63) is 59.9 Å². The minimum Gasteiger partial charge on any atom is -0.383 e. The lowest BCUT2D eigenvalue weighted by molar-refractivity contribution is 0.0587. The van der Waals surface area contributed by atoms with Gasteiger partial charge in [0.2, 0.25) is 5.95 Å². The van der Waals surface area contributed by atoms with E-state index in [9.17, 15) is 9.18 Å². The van der Waals surface area contributed by atoms with Gasteiger partial charge in [0.15, 0.2) is 0 Å². The molecule has 0 aliphatic carbocycles. The van der Waals surface area contributed by atoms with Gasteiger partial charge in [0.25, 0.3) is 5.91 Å². The molecule has 4 rings (SSSR count). The molecule has 1 amide bonds. The molecule has 0 unspecified atom stereocenters. The van der Waals surface area contributed by atoms with E-state index in [-0.39, 0.29) is 11.3 Å². The maximum absolute atomic E-state index is 13.4. The first-order valence-corrected chi connectivity index (χ1v) is 10.1. The molecule has 0 bridgehead atoms. The first-order valence-electron chi connectivity index (χ1n) is 10.1. The number of halogens is 1. The zero-order valence-corrected chi connectivity index (χ0v) is 16.8. The Morgan fingerprint density at radius 1 is 1.31 bits per heavy atom. The standard InChI is InChI=1S/C22H27FN4O2/c1-29-15-19-12-22(16-27(19)14-17-3-2-7-24-13-17)5-9-26(10-6-22)21(28)18-4-8-25-20(23)11-18/h2-4,7-8,11,13,19H,5-6,9-10,12,14-16H2,1H3/t19-/m0/s1. The van der Waals surface area contributed by atoms with E-state index in [0.717, 1.165) is 32.4 Å². The molecule has 1 atom stereocenters. The Balaban J connectivity index is 1.41. The third kappa shape index (κ3) is 4.46. The van der Waals surface area contributed by atoms with E-state index in [1.165, 1.54) is 17.8 Å². The second kappa shape index (κ2) is 8.55. The third-order valence-corrected chi connectivity index (χ3v) is 6.28. The smallest absolute Gasteiger partial charge is 0.254 e. The number of methoxy groups -OCH3 is 1. The molecular formula is C22H27FN4O2. The Morgan fingerprint density at radius 3 is 2.83 bits per heavy atom. The van der Waals surface area contributed by atoms with Crippen LogP contribution in [0.25, 0.3) is 0 Å². The fourth-order valence-electron chi connectivity index (χ4n) is 4.79. The fraction of sp³-hybridized carbons (Fsp3) is 0.500. The first kappa shape index (κ1) is 19.9. The van der Waals surface area contributed by atoms with Crippen LogP contribution >= 0.6 is 0 Å². The normalized spacial score (nSPS) is 21.6. The summed E-state index contributed by atoms with van der Waals surface area (Å²) < 4.78 is 18.9. The summed E-state index contributed by atoms with van der Waals surface area (Å²) in [5, 5.41) is 0. The van der Waals surface area contributed by atoms with Gasteiger partial charge in [-0.2, -0.15) is 4.39 Å². The number of nitrogens with zero attached hydrogens (tertiary/aromatic N) is 4. The summed E-state index contributed by atoms with van der Waals surface area (Å²) in [6.45, 7) is 3.97. The van der Waals surface area contributed by atoms with E-state index in [1.807, 2.05) is 17.2 Å². The van der Waals surface area contributed by atoms with Gasteiger partial charge in [-0.25, -0.2) is 4.98 Å². The lowest BCUT2D eigenvalue weighted by Gasteiger charge is -2.39. The van der Waals surface area contributed by atoms with Crippen LogP contribution in [0.5, 0.6) is 0 Å². The highest BCUT2D eigenvalue weighted by Crippen LogP contribution is 2.44. The van der Waals surface area contributed by atoms with Crippen LogP contribution in [-0.2, 0) is 11.3 Å². The number of pyridine rings is 2. The van der Waals surface area contributed by atoms with Crippen LogP contribution in [-0.4, -0.2) is 65.1 Å². The van der Waals surface area contributed by atoms with Crippen molar-refractivity contribution in [3.63, 3.8) is 0 Å². The van der Waals surface area contributed by atoms with Gasteiger partial charge in [-0.15, -0.1) is 0 Å². The van der Waals surface area contributed by atoms with Gasteiger partial charge < -0.3 is 9.64 Å². The van der Waals surface area contributed by atoms with E-state index in [1.54, 1.807) is 19.4 Å². The lowest BCUT2D eigenvalue weighted by atomic mass is 9.76. The van der Waals surface area contributed by atoms with Crippen LogP contribution < -0.4 is 0 Å². The molecule has 6 nitrogen and oxygen atoms in total. The van der Waals surface area contributed by atoms with Crippen molar-refractivity contribution in [1.82, 2.24) is 19.8 Å². The Hall–Kier alpha value is -2.38. The number of hydrogen-bond acceptors (Lipinski definition) is 5. The highest BCUT2D eigenvalue weighted by atomic mass is 19.1. The van der Waals surface area contributed by atoms with Crippen LogP contribution in [0.2, 0.25) is 0 Å². The lowest BCUT2D eigenvalue weighted by Crippen LogP contribution is -2.44. The molecule has 0 saturated carbocycles. The Bertz CT molecular complexity index is 840. The molecule has 2 aliphatic rings. The quantitative estimate of drug-likeness (QED) is 0.725. The maximum Gasteiger partial charge on any atom is 0.254 e. The van der Waals surface area contributed by atoms with Crippen molar-refractivity contribution >= 4 is 5.91 Å². The molecule has 29 heavy (non-hydrogen) atoms. The van der Waals surface area contributed by atoms with Gasteiger partial charge in [0, 0.05) is 69.6 Å². The van der Waals surface area contributed by atoms with E-state index >= 15 is 0 Å². The number of ether oxygens (including phenoxy) is 1. The summed E-state index contributed by atoms with van der Waals surface area (Å²) >= 11 is 0. The maximum atomic E-state index is 13.4. The molecule has 154 valence electrons. The average Bonchev–Trinajstić information content (AvgIpc) is 3.05. The van der Waals surface area contributed by atoms with Crippen molar-refractivity contribution in [2.45, 2.75) is 31.8 Å². The van der Waals surface area contributed by atoms with E-state index in [2.05, 4.69) is 20.9 Å². The molecular weight excluding hydrogens is 371 g/mol. The highest BCUT2D eigenvalue weighted by Gasteiger charge is 2.45. The zero-order chi connectivity index (χ0) is 20.3. The van der Waals surface area contributed by atoms with Crippen LogP contribution in [0.4, 0.5) is 4.39 Å². The van der Waals surface area contributed by atoms with Gasteiger partial charge in [-0.05, 0) is 42.4 Å². The summed E-state index contributed by atoms with van der Waals surface area (Å²) in [5.41, 5.74) is 1.78. The van der Waals surface area contributed by atoms with Gasteiger partial charge >= 0.3 is 0 Å². The molecule has 0 radical (unpaired) electrons. The second-order valence-corrected chi connectivity index (χ2v) is 8.24. The summed E-state index contributed by atoms with van der Waals surface area (Å²) in [4.78, 5) is 24.8. The number of likely N-dealkylation sites (tertiary alicyclic amines) is 2. The van der Waals surface area contributed by atoms with Crippen molar-refractivity contribution in [2.24, 2.45) is 5.41 Å². The van der Waals surface area contributed by atoms with E-state index in [4.69, 9.17) is 4.74 Å². The Morgan fingerprint density at radius 2 is 2.14 bits per heavy atom. The molecule has 0 N–H and O–H groups in total. The molecule has 2 saturated heterocycles. The molecule has 2 fully saturated rings. The van der Waals surface area contributed by atoms with Crippen LogP contribution in [0, 0.1) is 11.4 Å². The van der Waals surface area contributed by atoms with Gasteiger partial charge in [0.1, 0.15) is 0 Å². The first-order chi connectivity index (χ1) is 14.1. The van der Waals surface area contributed by atoms with Crippen molar-refractivity contribution < 1.29 is 13.9 Å². The molecule has 2 aliphatic heterocycles.